The highest BCUT2D eigenvalue weighted by Crippen LogP contribution is 2.29. The van der Waals surface area contributed by atoms with E-state index < -0.39 is 27.5 Å². The van der Waals surface area contributed by atoms with Crippen LogP contribution < -0.4 is 5.32 Å². The van der Waals surface area contributed by atoms with E-state index in [9.17, 15) is 26.4 Å². The number of hydrogen-bond acceptors (Lipinski definition) is 5. The second-order valence-electron chi connectivity index (χ2n) is 5.11. The van der Waals surface area contributed by atoms with Crippen LogP contribution in [0.3, 0.4) is 0 Å². The van der Waals surface area contributed by atoms with Crippen molar-refractivity contribution in [3.05, 3.63) is 47.4 Å². The van der Waals surface area contributed by atoms with E-state index in [1.54, 1.807) is 0 Å². The predicted octanol–water partition coefficient (Wildman–Crippen LogP) is 3.44. The third kappa shape index (κ3) is 4.58. The minimum Gasteiger partial charge on any atom is -0.305 e. The number of halogens is 4. The summed E-state index contributed by atoms with van der Waals surface area (Å²) in [5.41, 5.74) is -0.760. The summed E-state index contributed by atoms with van der Waals surface area (Å²) in [5, 5.41) is 2.60. The normalized spacial score (nSPS) is 12.0. The summed E-state index contributed by atoms with van der Waals surface area (Å²) < 4.78 is 62.1. The Morgan fingerprint density at radius 1 is 1.23 bits per heavy atom. The van der Waals surface area contributed by atoms with Gasteiger partial charge >= 0.3 is 6.18 Å². The molecule has 0 saturated carbocycles. The number of pyridine rings is 2. The summed E-state index contributed by atoms with van der Waals surface area (Å²) in [6.07, 6.45) is -2.65. The Morgan fingerprint density at radius 3 is 2.42 bits per heavy atom. The van der Waals surface area contributed by atoms with Gasteiger partial charge in [0.15, 0.2) is 9.84 Å². The molecular weight excluding hydrogens is 439 g/mol. The van der Waals surface area contributed by atoms with E-state index in [0.29, 0.717) is 17.1 Å². The SMILES string of the molecule is CCS(=O)(=O)c1cc(CBr)cnc1C(=O)Nc1ccc(C(F)(F)F)cn1. The van der Waals surface area contributed by atoms with Gasteiger partial charge in [-0.25, -0.2) is 18.4 Å². The first-order valence-electron chi connectivity index (χ1n) is 7.20. The number of sulfone groups is 1. The van der Waals surface area contributed by atoms with Crippen molar-refractivity contribution in [3.63, 3.8) is 0 Å². The van der Waals surface area contributed by atoms with E-state index in [0.717, 1.165) is 12.1 Å². The maximum absolute atomic E-state index is 12.5. The summed E-state index contributed by atoms with van der Waals surface area (Å²) in [7, 11) is -3.74. The van der Waals surface area contributed by atoms with Gasteiger partial charge in [-0.1, -0.05) is 22.9 Å². The number of carbonyl (C=O) groups excluding carboxylic acids is 1. The molecule has 0 saturated heterocycles. The van der Waals surface area contributed by atoms with Crippen LogP contribution in [-0.2, 0) is 21.3 Å². The molecule has 2 aromatic heterocycles. The molecule has 2 aromatic rings. The van der Waals surface area contributed by atoms with E-state index in [4.69, 9.17) is 0 Å². The smallest absolute Gasteiger partial charge is 0.305 e. The molecule has 11 heteroatoms. The minimum absolute atomic E-state index is 0.158. The van der Waals surface area contributed by atoms with E-state index >= 15 is 0 Å². The van der Waals surface area contributed by atoms with Gasteiger partial charge in [-0.2, -0.15) is 13.2 Å². The van der Waals surface area contributed by atoms with Gasteiger partial charge in [0.25, 0.3) is 5.91 Å². The molecule has 2 heterocycles. The first kappa shape index (κ1) is 20.3. The lowest BCUT2D eigenvalue weighted by Crippen LogP contribution is -2.20. The van der Waals surface area contributed by atoms with Crippen LogP contribution >= 0.6 is 15.9 Å². The number of carbonyl (C=O) groups is 1. The zero-order valence-corrected chi connectivity index (χ0v) is 15.7. The van der Waals surface area contributed by atoms with Crippen LogP contribution in [0.25, 0.3) is 0 Å². The molecule has 0 unspecified atom stereocenters. The summed E-state index contributed by atoms with van der Waals surface area (Å²) in [5.74, 6) is -1.28. The molecule has 0 fully saturated rings. The topological polar surface area (TPSA) is 89.0 Å². The number of hydrogen-bond donors (Lipinski definition) is 1. The average molecular weight is 452 g/mol. The van der Waals surface area contributed by atoms with Crippen molar-refractivity contribution >= 4 is 37.5 Å². The van der Waals surface area contributed by atoms with Crippen molar-refractivity contribution in [3.8, 4) is 0 Å². The van der Waals surface area contributed by atoms with Crippen LogP contribution in [0.15, 0.2) is 35.5 Å². The number of nitrogens with zero attached hydrogens (tertiary/aromatic N) is 2. The third-order valence-electron chi connectivity index (χ3n) is 3.33. The van der Waals surface area contributed by atoms with Gasteiger partial charge in [0.1, 0.15) is 11.5 Å². The molecule has 6 nitrogen and oxygen atoms in total. The molecule has 0 aliphatic rings. The fourth-order valence-electron chi connectivity index (χ4n) is 1.93. The summed E-state index contributed by atoms with van der Waals surface area (Å²) in [6, 6.07) is 3.06. The fourth-order valence-corrected chi connectivity index (χ4v) is 3.32. The van der Waals surface area contributed by atoms with Crippen molar-refractivity contribution in [2.75, 3.05) is 11.1 Å². The molecular formula is C15H13BrF3N3O3S. The molecule has 0 aliphatic carbocycles. The molecule has 0 spiro atoms. The Bertz CT molecular complexity index is 916. The highest BCUT2D eigenvalue weighted by Gasteiger charge is 2.31. The molecule has 0 atom stereocenters. The maximum atomic E-state index is 12.5. The standard InChI is InChI=1S/C15H13BrF3N3O3S/c1-2-26(24,25)11-5-9(6-16)7-21-13(11)14(23)22-12-4-3-10(8-20-12)15(17,18)19/h3-5,7-8H,2,6H2,1H3,(H,20,22,23). The molecule has 0 radical (unpaired) electrons. The number of anilines is 1. The maximum Gasteiger partial charge on any atom is 0.417 e. The molecule has 0 bridgehead atoms. The summed E-state index contributed by atoms with van der Waals surface area (Å²) >= 11 is 3.18. The van der Waals surface area contributed by atoms with Crippen molar-refractivity contribution < 1.29 is 26.4 Å². The van der Waals surface area contributed by atoms with Crippen LogP contribution in [0.5, 0.6) is 0 Å². The number of alkyl halides is 4. The average Bonchev–Trinajstić information content (AvgIpc) is 2.60. The molecule has 140 valence electrons. The first-order chi connectivity index (χ1) is 12.1. The van der Waals surface area contributed by atoms with Gasteiger partial charge in [0.2, 0.25) is 0 Å². The van der Waals surface area contributed by atoms with Crippen molar-refractivity contribution in [2.24, 2.45) is 0 Å². The summed E-state index contributed by atoms with van der Waals surface area (Å²) in [6.45, 7) is 1.43. The number of rotatable bonds is 5. The van der Waals surface area contributed by atoms with Crippen molar-refractivity contribution in [1.29, 1.82) is 0 Å². The Hall–Kier alpha value is -2.01. The Kier molecular flexibility index (Phi) is 6.02. The molecule has 1 amide bonds. The largest absolute Gasteiger partial charge is 0.417 e. The van der Waals surface area contributed by atoms with Gasteiger partial charge in [0.05, 0.1) is 16.2 Å². The Labute approximate surface area is 155 Å². The lowest BCUT2D eigenvalue weighted by Gasteiger charge is -2.11. The van der Waals surface area contributed by atoms with E-state index in [1.807, 2.05) is 0 Å². The quantitative estimate of drug-likeness (QED) is 0.703. The van der Waals surface area contributed by atoms with Gasteiger partial charge in [-0.3, -0.25) is 4.79 Å². The molecule has 1 N–H and O–H groups in total. The number of aromatic nitrogens is 2. The molecule has 0 aromatic carbocycles. The van der Waals surface area contributed by atoms with Gasteiger partial charge < -0.3 is 5.32 Å². The molecule has 26 heavy (non-hydrogen) atoms. The molecule has 0 aliphatic heterocycles. The van der Waals surface area contributed by atoms with Crippen molar-refractivity contribution in [1.82, 2.24) is 9.97 Å². The zero-order valence-electron chi connectivity index (χ0n) is 13.3. The van der Waals surface area contributed by atoms with E-state index in [1.165, 1.54) is 19.2 Å². The minimum atomic E-state index is -4.55. The monoisotopic (exact) mass is 451 g/mol. The predicted molar refractivity (Wildman–Crippen MR) is 91.8 cm³/mol. The highest BCUT2D eigenvalue weighted by atomic mass is 79.9. The second-order valence-corrected chi connectivity index (χ2v) is 7.92. The highest BCUT2D eigenvalue weighted by molar-refractivity contribution is 9.08. The second kappa shape index (κ2) is 7.70. The van der Waals surface area contributed by atoms with Crippen LogP contribution in [0.1, 0.15) is 28.5 Å². The third-order valence-corrected chi connectivity index (χ3v) is 5.72. The van der Waals surface area contributed by atoms with E-state index in [2.05, 4.69) is 31.2 Å². The van der Waals surface area contributed by atoms with Crippen molar-refractivity contribution in [2.45, 2.75) is 23.3 Å². The van der Waals surface area contributed by atoms with Crippen LogP contribution in [-0.4, -0.2) is 30.0 Å². The van der Waals surface area contributed by atoms with Gasteiger partial charge in [-0.05, 0) is 23.8 Å². The van der Waals surface area contributed by atoms with Crippen LogP contribution in [0.4, 0.5) is 19.0 Å². The van der Waals surface area contributed by atoms with Gasteiger partial charge in [0, 0.05) is 17.7 Å². The molecule has 2 rings (SSSR count). The number of nitrogens with one attached hydrogen (secondary N) is 1. The van der Waals surface area contributed by atoms with Crippen LogP contribution in [0, 0.1) is 0 Å². The fraction of sp³-hybridized carbons (Fsp3) is 0.267. The lowest BCUT2D eigenvalue weighted by atomic mass is 10.2. The Morgan fingerprint density at radius 2 is 1.92 bits per heavy atom. The lowest BCUT2D eigenvalue weighted by molar-refractivity contribution is -0.137. The zero-order chi connectivity index (χ0) is 19.5. The van der Waals surface area contributed by atoms with E-state index in [-0.39, 0.29) is 22.2 Å². The number of amides is 1. The summed E-state index contributed by atoms with van der Waals surface area (Å²) in [4.78, 5) is 19.5. The Balaban J connectivity index is 2.35. The van der Waals surface area contributed by atoms with Gasteiger partial charge in [-0.15, -0.1) is 0 Å². The first-order valence-corrected chi connectivity index (χ1v) is 9.98. The van der Waals surface area contributed by atoms with Crippen LogP contribution in [0.2, 0.25) is 0 Å².